The van der Waals surface area contributed by atoms with Crippen LogP contribution in [0.15, 0.2) is 64.3 Å². The van der Waals surface area contributed by atoms with Crippen LogP contribution in [-0.2, 0) is 11.3 Å². The van der Waals surface area contributed by atoms with Gasteiger partial charge in [0.15, 0.2) is 0 Å². The van der Waals surface area contributed by atoms with Gasteiger partial charge in [-0.3, -0.25) is 14.2 Å². The number of benzene rings is 2. The van der Waals surface area contributed by atoms with Crippen LogP contribution in [0.1, 0.15) is 6.42 Å². The van der Waals surface area contributed by atoms with Crippen LogP contribution in [0.3, 0.4) is 0 Å². The number of aromatic amines is 1. The third kappa shape index (κ3) is 3.13. The summed E-state index contributed by atoms with van der Waals surface area (Å²) in [6.45, 7) is 0.267. The molecule has 0 unspecified atom stereocenters. The minimum Gasteiger partial charge on any atom is -0.361 e. The SMILES string of the molecule is O=C(CCn1cnc2ccc(Br)cc2c1=O)Nc1cccc2[nH]ccc12. The van der Waals surface area contributed by atoms with Gasteiger partial charge in [0, 0.05) is 34.5 Å². The predicted octanol–water partition coefficient (Wildman–Crippen LogP) is 3.67. The molecule has 2 aromatic carbocycles. The van der Waals surface area contributed by atoms with Crippen LogP contribution < -0.4 is 10.9 Å². The quantitative estimate of drug-likeness (QED) is 0.538. The number of carbonyl (C=O) groups is 1. The molecule has 0 radical (unpaired) electrons. The maximum atomic E-state index is 12.6. The van der Waals surface area contributed by atoms with Gasteiger partial charge in [-0.25, -0.2) is 4.98 Å². The van der Waals surface area contributed by atoms with Gasteiger partial charge < -0.3 is 10.3 Å². The Hall–Kier alpha value is -2.93. The number of halogens is 1. The van der Waals surface area contributed by atoms with Crippen molar-refractivity contribution in [3.05, 3.63) is 69.8 Å². The molecule has 0 saturated carbocycles. The number of nitrogens with zero attached hydrogens (tertiary/aromatic N) is 2. The summed E-state index contributed by atoms with van der Waals surface area (Å²) in [7, 11) is 0. The van der Waals surface area contributed by atoms with Crippen LogP contribution in [-0.4, -0.2) is 20.4 Å². The molecule has 0 aliphatic carbocycles. The van der Waals surface area contributed by atoms with Crippen molar-refractivity contribution in [3.8, 4) is 0 Å². The summed E-state index contributed by atoms with van der Waals surface area (Å²) < 4.78 is 2.28. The molecule has 7 heteroatoms. The van der Waals surface area contributed by atoms with E-state index < -0.39 is 0 Å². The molecule has 6 nitrogen and oxygen atoms in total. The Morgan fingerprint density at radius 3 is 2.96 bits per heavy atom. The molecule has 0 spiro atoms. The van der Waals surface area contributed by atoms with Gasteiger partial charge in [-0.2, -0.15) is 0 Å². The van der Waals surface area contributed by atoms with E-state index in [0.717, 1.165) is 21.1 Å². The molecule has 130 valence electrons. The number of aryl methyl sites for hydroxylation is 1. The van der Waals surface area contributed by atoms with Gasteiger partial charge in [-0.1, -0.05) is 22.0 Å². The van der Waals surface area contributed by atoms with Gasteiger partial charge in [0.2, 0.25) is 5.91 Å². The Morgan fingerprint density at radius 2 is 2.08 bits per heavy atom. The lowest BCUT2D eigenvalue weighted by molar-refractivity contribution is -0.116. The average molecular weight is 411 g/mol. The minimum absolute atomic E-state index is 0.153. The Morgan fingerprint density at radius 1 is 1.19 bits per heavy atom. The first-order chi connectivity index (χ1) is 12.6. The third-order valence-electron chi connectivity index (χ3n) is 4.23. The van der Waals surface area contributed by atoms with Gasteiger partial charge in [0.1, 0.15) is 0 Å². The highest BCUT2D eigenvalue weighted by Gasteiger charge is 2.09. The van der Waals surface area contributed by atoms with E-state index in [1.165, 1.54) is 10.9 Å². The highest BCUT2D eigenvalue weighted by Crippen LogP contribution is 2.22. The monoisotopic (exact) mass is 410 g/mol. The zero-order chi connectivity index (χ0) is 18.1. The first kappa shape index (κ1) is 16.5. The summed E-state index contributed by atoms with van der Waals surface area (Å²) in [4.78, 5) is 32.3. The summed E-state index contributed by atoms with van der Waals surface area (Å²) in [5, 5.41) is 4.39. The van der Waals surface area contributed by atoms with Gasteiger partial charge in [-0.05, 0) is 36.4 Å². The number of nitrogens with one attached hydrogen (secondary N) is 2. The molecule has 2 aromatic heterocycles. The van der Waals surface area contributed by atoms with Crippen molar-refractivity contribution in [2.75, 3.05) is 5.32 Å². The standard InChI is InChI=1S/C19H15BrN4O2/c20-12-4-5-16-14(10-12)19(26)24(11-22-16)9-7-18(25)23-17-3-1-2-15-13(17)6-8-21-15/h1-6,8,10-11,21H,7,9H2,(H,23,25). The van der Waals surface area contributed by atoms with E-state index in [9.17, 15) is 9.59 Å². The van der Waals surface area contributed by atoms with E-state index in [1.807, 2.05) is 36.5 Å². The second kappa shape index (κ2) is 6.76. The second-order valence-corrected chi connectivity index (χ2v) is 6.86. The summed E-state index contributed by atoms with van der Waals surface area (Å²) in [6, 6.07) is 13.0. The molecular formula is C19H15BrN4O2. The van der Waals surface area contributed by atoms with Crippen LogP contribution in [0.4, 0.5) is 5.69 Å². The predicted molar refractivity (Wildman–Crippen MR) is 105 cm³/mol. The van der Waals surface area contributed by atoms with Crippen molar-refractivity contribution >= 4 is 49.3 Å². The molecule has 26 heavy (non-hydrogen) atoms. The van der Waals surface area contributed by atoms with E-state index in [4.69, 9.17) is 0 Å². The van der Waals surface area contributed by atoms with Crippen LogP contribution in [0.5, 0.6) is 0 Å². The fourth-order valence-corrected chi connectivity index (χ4v) is 3.28. The fraction of sp³-hybridized carbons (Fsp3) is 0.105. The highest BCUT2D eigenvalue weighted by atomic mass is 79.9. The van der Waals surface area contributed by atoms with Gasteiger partial charge in [-0.15, -0.1) is 0 Å². The van der Waals surface area contributed by atoms with Crippen LogP contribution in [0.2, 0.25) is 0 Å². The van der Waals surface area contributed by atoms with E-state index >= 15 is 0 Å². The number of carbonyl (C=O) groups excluding carboxylic acids is 1. The van der Waals surface area contributed by atoms with Gasteiger partial charge in [0.25, 0.3) is 5.56 Å². The molecule has 0 bridgehead atoms. The molecule has 4 rings (SSSR count). The van der Waals surface area contributed by atoms with E-state index in [1.54, 1.807) is 12.1 Å². The number of aromatic nitrogens is 3. The Labute approximate surface area is 157 Å². The summed E-state index contributed by atoms with van der Waals surface area (Å²) in [5.41, 5.74) is 2.19. The van der Waals surface area contributed by atoms with E-state index in [-0.39, 0.29) is 24.4 Å². The van der Waals surface area contributed by atoms with E-state index in [2.05, 4.69) is 31.2 Å². The number of H-pyrrole nitrogens is 1. The molecule has 0 aliphatic rings. The topological polar surface area (TPSA) is 79.8 Å². The maximum absolute atomic E-state index is 12.6. The first-order valence-electron chi connectivity index (χ1n) is 8.12. The zero-order valence-electron chi connectivity index (χ0n) is 13.7. The number of rotatable bonds is 4. The molecule has 0 saturated heterocycles. The summed E-state index contributed by atoms with van der Waals surface area (Å²) in [5.74, 6) is -0.153. The molecule has 4 aromatic rings. The van der Waals surface area contributed by atoms with E-state index in [0.29, 0.717) is 10.9 Å². The summed E-state index contributed by atoms with van der Waals surface area (Å²) in [6.07, 6.45) is 3.50. The second-order valence-electron chi connectivity index (χ2n) is 5.95. The zero-order valence-corrected chi connectivity index (χ0v) is 15.3. The van der Waals surface area contributed by atoms with Crippen LogP contribution in [0, 0.1) is 0 Å². The van der Waals surface area contributed by atoms with Gasteiger partial charge >= 0.3 is 0 Å². The number of amides is 1. The number of hydrogen-bond donors (Lipinski definition) is 2. The van der Waals surface area contributed by atoms with Crippen LogP contribution in [0.25, 0.3) is 21.8 Å². The maximum Gasteiger partial charge on any atom is 0.261 e. The smallest absolute Gasteiger partial charge is 0.261 e. The van der Waals surface area contributed by atoms with Crippen molar-refractivity contribution in [2.24, 2.45) is 0 Å². The van der Waals surface area contributed by atoms with Crippen LogP contribution >= 0.6 is 15.9 Å². The molecule has 2 N–H and O–H groups in total. The highest BCUT2D eigenvalue weighted by molar-refractivity contribution is 9.10. The van der Waals surface area contributed by atoms with Crippen molar-refractivity contribution in [1.29, 1.82) is 0 Å². The Balaban J connectivity index is 1.51. The van der Waals surface area contributed by atoms with Gasteiger partial charge in [0.05, 0.1) is 22.9 Å². The van der Waals surface area contributed by atoms with Crippen molar-refractivity contribution in [3.63, 3.8) is 0 Å². The molecule has 1 amide bonds. The molecule has 0 atom stereocenters. The Kier molecular flexibility index (Phi) is 4.30. The van der Waals surface area contributed by atoms with Crippen molar-refractivity contribution in [2.45, 2.75) is 13.0 Å². The largest absolute Gasteiger partial charge is 0.361 e. The lowest BCUT2D eigenvalue weighted by atomic mass is 10.2. The number of anilines is 1. The molecule has 2 heterocycles. The van der Waals surface area contributed by atoms with Crippen molar-refractivity contribution < 1.29 is 4.79 Å². The minimum atomic E-state index is -0.156. The average Bonchev–Trinajstić information content (AvgIpc) is 3.11. The first-order valence-corrected chi connectivity index (χ1v) is 8.92. The summed E-state index contributed by atoms with van der Waals surface area (Å²) >= 11 is 3.36. The normalized spacial score (nSPS) is 11.1. The molecule has 0 aliphatic heterocycles. The number of fused-ring (bicyclic) bond motifs is 2. The number of hydrogen-bond acceptors (Lipinski definition) is 3. The Bertz CT molecular complexity index is 1180. The molecule has 0 fully saturated rings. The molecular weight excluding hydrogens is 396 g/mol. The van der Waals surface area contributed by atoms with Crippen molar-refractivity contribution in [1.82, 2.24) is 14.5 Å². The third-order valence-corrected chi connectivity index (χ3v) is 4.73. The fourth-order valence-electron chi connectivity index (χ4n) is 2.92. The lowest BCUT2D eigenvalue weighted by Gasteiger charge is -2.09. The lowest BCUT2D eigenvalue weighted by Crippen LogP contribution is -2.23.